The number of aliphatic carboxylic acids is 1. The molecule has 46 heavy (non-hydrogen) atoms. The van der Waals surface area contributed by atoms with Crippen LogP contribution in [0, 0.1) is 0 Å². The summed E-state index contributed by atoms with van der Waals surface area (Å²) in [6.45, 7) is 0. The van der Waals surface area contributed by atoms with Crippen LogP contribution in [0.15, 0.2) is 38.9 Å². The molecule has 0 spiro atoms. The summed E-state index contributed by atoms with van der Waals surface area (Å²) in [5.74, 6) is -1.41. The first-order chi connectivity index (χ1) is 22.1. The Morgan fingerprint density at radius 2 is 2.04 bits per heavy atom. The summed E-state index contributed by atoms with van der Waals surface area (Å²) in [5, 5.41) is 28.9. The third-order valence-electron chi connectivity index (χ3n) is 7.74. The van der Waals surface area contributed by atoms with Crippen LogP contribution in [0.1, 0.15) is 31.2 Å². The topological polar surface area (TPSA) is 234 Å². The zero-order chi connectivity index (χ0) is 32.5. The molecule has 20 heteroatoms. The summed E-state index contributed by atoms with van der Waals surface area (Å²) in [4.78, 5) is 73.2. The highest BCUT2D eigenvalue weighted by atomic mass is 32.2. The number of aryl methyl sites for hydroxylation is 1. The number of rotatable bonds is 11. The number of carbonyl (C=O) groups excluding carboxylic acids is 3. The van der Waals surface area contributed by atoms with Crippen molar-refractivity contribution in [1.82, 2.24) is 40.4 Å². The minimum Gasteiger partial charge on any atom is -0.477 e. The van der Waals surface area contributed by atoms with Gasteiger partial charge in [-0.1, -0.05) is 24.6 Å². The van der Waals surface area contributed by atoms with Crippen molar-refractivity contribution < 1.29 is 24.3 Å². The van der Waals surface area contributed by atoms with E-state index in [2.05, 4.69) is 36.1 Å². The highest BCUT2D eigenvalue weighted by Gasteiger charge is 2.54. The van der Waals surface area contributed by atoms with Crippen molar-refractivity contribution >= 4 is 75.3 Å². The van der Waals surface area contributed by atoms with Gasteiger partial charge in [-0.2, -0.15) is 0 Å². The third kappa shape index (κ3) is 6.18. The first kappa shape index (κ1) is 31.5. The van der Waals surface area contributed by atoms with Crippen LogP contribution in [0.4, 0.5) is 21.4 Å². The van der Waals surface area contributed by atoms with Gasteiger partial charge in [-0.25, -0.2) is 24.2 Å². The Bertz CT molecular complexity index is 1780. The van der Waals surface area contributed by atoms with Gasteiger partial charge in [-0.05, 0) is 45.9 Å². The molecule has 17 nitrogen and oxygen atoms in total. The minimum atomic E-state index is -1.24. The Balaban J connectivity index is 1.13. The zero-order valence-corrected chi connectivity index (χ0v) is 26.8. The van der Waals surface area contributed by atoms with Crippen molar-refractivity contribution in [3.8, 4) is 0 Å². The second kappa shape index (κ2) is 13.1. The van der Waals surface area contributed by atoms with Crippen molar-refractivity contribution in [2.45, 2.75) is 54.7 Å². The first-order valence-electron chi connectivity index (χ1n) is 14.2. The Labute approximate surface area is 273 Å². The number of aromatic amines is 1. The molecule has 2 aliphatic heterocycles. The van der Waals surface area contributed by atoms with Gasteiger partial charge in [0.25, 0.3) is 11.5 Å². The van der Waals surface area contributed by atoms with E-state index < -0.39 is 40.8 Å². The van der Waals surface area contributed by atoms with E-state index in [1.54, 1.807) is 18.5 Å². The number of amides is 4. The van der Waals surface area contributed by atoms with Crippen LogP contribution in [-0.4, -0.2) is 93.0 Å². The number of tetrazole rings is 1. The lowest BCUT2D eigenvalue weighted by Crippen LogP contribution is -2.70. The SMILES string of the molecule is Cn1nnnc1SCC1=C(C(=O)O)N2C(=O)C(NC(=O)Cc3ccsc3N(C(N)=O)c3cnc(NC4CCCC4)[nH]c3=O)[C@H]2SC1. The normalized spacial score (nSPS) is 19.5. The predicted molar refractivity (Wildman–Crippen MR) is 170 cm³/mol. The van der Waals surface area contributed by atoms with E-state index in [1.807, 2.05) is 0 Å². The zero-order valence-electron chi connectivity index (χ0n) is 24.3. The van der Waals surface area contributed by atoms with E-state index in [0.29, 0.717) is 28.0 Å². The second-order valence-electron chi connectivity index (χ2n) is 10.8. The molecule has 0 radical (unpaired) electrons. The molecule has 6 N–H and O–H groups in total. The number of H-pyrrole nitrogens is 1. The molecule has 0 bridgehead atoms. The first-order valence-corrected chi connectivity index (χ1v) is 17.1. The van der Waals surface area contributed by atoms with Crippen LogP contribution >= 0.6 is 34.9 Å². The average Bonchev–Trinajstić information content (AvgIpc) is 3.79. The fourth-order valence-corrected chi connectivity index (χ4v) is 8.84. The molecule has 1 aliphatic carbocycles. The molecule has 2 atom stereocenters. The number of carboxylic acids is 1. The average molecular weight is 688 g/mol. The van der Waals surface area contributed by atoms with E-state index in [0.717, 1.165) is 41.9 Å². The van der Waals surface area contributed by atoms with Crippen LogP contribution in [0.5, 0.6) is 0 Å². The lowest BCUT2D eigenvalue weighted by molar-refractivity contribution is -0.150. The monoisotopic (exact) mass is 687 g/mol. The quantitative estimate of drug-likeness (QED) is 0.140. The van der Waals surface area contributed by atoms with E-state index in [-0.39, 0.29) is 34.6 Å². The number of nitrogens with one attached hydrogen (secondary N) is 3. The summed E-state index contributed by atoms with van der Waals surface area (Å²) >= 11 is 3.71. The number of β-lactam (4-membered cyclic amide) rings is 1. The van der Waals surface area contributed by atoms with Gasteiger partial charge in [-0.3, -0.25) is 24.3 Å². The molecule has 242 valence electrons. The smallest absolute Gasteiger partial charge is 0.352 e. The van der Waals surface area contributed by atoms with E-state index in [4.69, 9.17) is 5.73 Å². The van der Waals surface area contributed by atoms with Gasteiger partial charge in [0.1, 0.15) is 27.8 Å². The maximum atomic E-state index is 13.2. The number of carboxylic acid groups (broad SMARTS) is 1. The molecule has 3 aromatic heterocycles. The maximum Gasteiger partial charge on any atom is 0.352 e. The highest BCUT2D eigenvalue weighted by molar-refractivity contribution is 8.01. The number of thioether (sulfide) groups is 2. The van der Waals surface area contributed by atoms with Crippen molar-refractivity contribution in [1.29, 1.82) is 0 Å². The number of urea groups is 1. The fraction of sp³-hybridized carbons (Fsp3) is 0.423. The van der Waals surface area contributed by atoms with Gasteiger partial charge in [-0.15, -0.1) is 28.2 Å². The fourth-order valence-electron chi connectivity index (χ4n) is 5.56. The maximum absolute atomic E-state index is 13.2. The number of hydrogen-bond acceptors (Lipinski definition) is 13. The van der Waals surface area contributed by atoms with Crippen molar-refractivity contribution in [2.24, 2.45) is 12.8 Å². The lowest BCUT2D eigenvalue weighted by atomic mass is 10.0. The van der Waals surface area contributed by atoms with Crippen LogP contribution in [0.2, 0.25) is 0 Å². The number of primary amides is 1. The molecule has 1 saturated carbocycles. The minimum absolute atomic E-state index is 0.102. The molecule has 2 fully saturated rings. The molecule has 3 aliphatic rings. The number of nitrogens with two attached hydrogens (primary N) is 1. The van der Waals surface area contributed by atoms with Crippen molar-refractivity contribution in [3.63, 3.8) is 0 Å². The number of fused-ring (bicyclic) bond motifs is 1. The Morgan fingerprint density at radius 1 is 1.26 bits per heavy atom. The lowest BCUT2D eigenvalue weighted by Gasteiger charge is -2.49. The van der Waals surface area contributed by atoms with Gasteiger partial charge in [0, 0.05) is 24.6 Å². The Morgan fingerprint density at radius 3 is 2.72 bits per heavy atom. The number of aromatic nitrogens is 6. The van der Waals surface area contributed by atoms with Crippen LogP contribution in [0.25, 0.3) is 0 Å². The number of hydrogen-bond donors (Lipinski definition) is 5. The number of anilines is 3. The standard InChI is InChI=1S/C26H29N11O6S3/c1-35-26(32-33-34-35)46-11-13-10-45-22-17(20(40)37(22)18(13)23(41)42)30-16(38)8-12-6-7-44-21(12)36(24(27)43)15-9-28-25(31-19(15)39)29-14-4-2-3-5-14/h6-7,9,14,17,22H,2-5,8,10-11H2,1H3,(H2,27,43)(H,30,38)(H,41,42)(H2,28,29,31,39)/t17?,22-/m1/s1. The van der Waals surface area contributed by atoms with E-state index in [1.165, 1.54) is 39.3 Å². The molecule has 6 rings (SSSR count). The van der Waals surface area contributed by atoms with Crippen molar-refractivity contribution in [2.75, 3.05) is 21.7 Å². The van der Waals surface area contributed by atoms with E-state index >= 15 is 0 Å². The summed E-state index contributed by atoms with van der Waals surface area (Å²) < 4.78 is 1.46. The Kier molecular flexibility index (Phi) is 9.00. The second-order valence-corrected chi connectivity index (χ2v) is 13.7. The number of nitrogens with zero attached hydrogens (tertiary/aromatic N) is 7. The molecular formula is C26H29N11O6S3. The van der Waals surface area contributed by atoms with Gasteiger partial charge in [0.05, 0.1) is 12.6 Å². The largest absolute Gasteiger partial charge is 0.477 e. The molecular weight excluding hydrogens is 659 g/mol. The summed E-state index contributed by atoms with van der Waals surface area (Å²) in [6.07, 6.45) is 5.18. The van der Waals surface area contributed by atoms with Gasteiger partial charge in [0.15, 0.2) is 0 Å². The summed E-state index contributed by atoms with van der Waals surface area (Å²) in [7, 11) is 1.67. The molecule has 4 amide bonds. The van der Waals surface area contributed by atoms with Gasteiger partial charge in [0.2, 0.25) is 17.0 Å². The van der Waals surface area contributed by atoms with Crippen LogP contribution in [0.3, 0.4) is 0 Å². The van der Waals surface area contributed by atoms with Crippen LogP contribution in [-0.2, 0) is 27.9 Å². The molecule has 0 aromatic carbocycles. The number of carbonyl (C=O) groups is 4. The Hall–Kier alpha value is -4.43. The highest BCUT2D eigenvalue weighted by Crippen LogP contribution is 2.41. The molecule has 5 heterocycles. The molecule has 3 aromatic rings. The van der Waals surface area contributed by atoms with Crippen LogP contribution < -0.4 is 26.8 Å². The van der Waals surface area contributed by atoms with E-state index in [9.17, 15) is 29.1 Å². The molecule has 1 saturated heterocycles. The van der Waals surface area contributed by atoms with Gasteiger partial charge < -0.3 is 21.5 Å². The summed E-state index contributed by atoms with van der Waals surface area (Å²) in [6, 6.07) is -0.0381. The van der Waals surface area contributed by atoms with Crippen molar-refractivity contribution in [3.05, 3.63) is 44.8 Å². The third-order valence-corrected chi connectivity index (χ3v) is 11.1. The molecule has 1 unspecified atom stereocenters. The number of thiophene rings is 1. The predicted octanol–water partition coefficient (Wildman–Crippen LogP) is 1.000. The summed E-state index contributed by atoms with van der Waals surface area (Å²) in [5.41, 5.74) is 5.84. The van der Waals surface area contributed by atoms with Gasteiger partial charge >= 0.3 is 12.0 Å².